The third kappa shape index (κ3) is 3.14. The van der Waals surface area contributed by atoms with Gasteiger partial charge in [0, 0.05) is 5.41 Å². The summed E-state index contributed by atoms with van der Waals surface area (Å²) in [6.07, 6.45) is 4.11. The summed E-state index contributed by atoms with van der Waals surface area (Å²) in [6, 6.07) is 0. The standard InChI is InChI=1S/C25H36O6/c1-13(2)15-7-8-24(3)9-10-25(4)16(18(15)24)6-5-14(11-26)20-22(25)31-23-21(30-20)19(28)17(27)12-29-23/h5-6,13,17,19-23,26-28H,7-12H2,1-4H3/t17-,19+,20-,21-,22+,23+,24-,25-/m1/s1. The van der Waals surface area contributed by atoms with E-state index in [4.69, 9.17) is 14.2 Å². The van der Waals surface area contributed by atoms with Crippen LogP contribution in [-0.2, 0) is 14.2 Å². The molecule has 0 amide bonds. The molecule has 6 heteroatoms. The molecule has 2 saturated heterocycles. The van der Waals surface area contributed by atoms with E-state index in [0.717, 1.165) is 24.8 Å². The number of hydrogen-bond donors (Lipinski definition) is 3. The zero-order chi connectivity index (χ0) is 22.1. The van der Waals surface area contributed by atoms with Crippen molar-refractivity contribution in [1.29, 1.82) is 0 Å². The quantitative estimate of drug-likeness (QED) is 0.622. The summed E-state index contributed by atoms with van der Waals surface area (Å²) >= 11 is 0. The normalized spacial score (nSPS) is 47.1. The first-order valence-electron chi connectivity index (χ1n) is 11.7. The maximum absolute atomic E-state index is 10.5. The van der Waals surface area contributed by atoms with Gasteiger partial charge in [0.05, 0.1) is 13.2 Å². The molecule has 172 valence electrons. The molecule has 31 heavy (non-hydrogen) atoms. The number of aliphatic hydroxyl groups excluding tert-OH is 3. The molecule has 2 aliphatic heterocycles. The van der Waals surface area contributed by atoms with E-state index >= 15 is 0 Å². The third-order valence-corrected chi connectivity index (χ3v) is 8.58. The van der Waals surface area contributed by atoms with Crippen molar-refractivity contribution < 1.29 is 29.5 Å². The van der Waals surface area contributed by atoms with Crippen LogP contribution in [0, 0.1) is 16.7 Å². The van der Waals surface area contributed by atoms with E-state index in [1.807, 2.05) is 6.08 Å². The van der Waals surface area contributed by atoms with Crippen LogP contribution in [0.25, 0.3) is 0 Å². The van der Waals surface area contributed by atoms with Crippen LogP contribution in [0.5, 0.6) is 0 Å². The Kier molecular flexibility index (Phi) is 5.28. The van der Waals surface area contributed by atoms with Crippen molar-refractivity contribution in [3.63, 3.8) is 0 Å². The first-order chi connectivity index (χ1) is 14.7. The van der Waals surface area contributed by atoms with Crippen LogP contribution in [0.3, 0.4) is 0 Å². The second kappa shape index (κ2) is 7.51. The van der Waals surface area contributed by atoms with Crippen molar-refractivity contribution in [3.05, 3.63) is 34.4 Å². The molecule has 0 aromatic carbocycles. The summed E-state index contributed by atoms with van der Waals surface area (Å²) in [6.45, 7) is 9.09. The van der Waals surface area contributed by atoms with Gasteiger partial charge in [-0.15, -0.1) is 0 Å². The first kappa shape index (κ1) is 21.8. The maximum atomic E-state index is 10.5. The van der Waals surface area contributed by atoms with Crippen LogP contribution < -0.4 is 0 Å². The monoisotopic (exact) mass is 432 g/mol. The number of fused-ring (bicyclic) bond motifs is 6. The molecule has 2 heterocycles. The third-order valence-electron chi connectivity index (χ3n) is 8.58. The van der Waals surface area contributed by atoms with E-state index < -0.39 is 30.7 Å². The number of ether oxygens (including phenoxy) is 3. The zero-order valence-corrected chi connectivity index (χ0v) is 19.0. The van der Waals surface area contributed by atoms with Crippen LogP contribution in [-0.4, -0.2) is 65.3 Å². The lowest BCUT2D eigenvalue weighted by atomic mass is 9.57. The van der Waals surface area contributed by atoms with Gasteiger partial charge in [0.1, 0.15) is 30.5 Å². The molecule has 0 aromatic heterocycles. The SMILES string of the molecule is CC(C)C1=C2C3=CC=C(CO)[C@H]4O[C@H]5[C@@H](OC[C@@H](O)[C@@H]5O)O[C@@H]4[C@]3(C)CC[C@@]2(C)CC1. The molecule has 1 saturated carbocycles. The van der Waals surface area contributed by atoms with E-state index in [1.54, 1.807) is 5.57 Å². The summed E-state index contributed by atoms with van der Waals surface area (Å²) in [5.41, 5.74) is 4.95. The van der Waals surface area contributed by atoms with Crippen LogP contribution in [0.1, 0.15) is 53.4 Å². The highest BCUT2D eigenvalue weighted by Crippen LogP contribution is 2.63. The van der Waals surface area contributed by atoms with Gasteiger partial charge in [0.15, 0.2) is 6.29 Å². The number of allylic oxidation sites excluding steroid dienone is 4. The van der Waals surface area contributed by atoms with Gasteiger partial charge in [-0.05, 0) is 53.7 Å². The molecule has 0 bridgehead atoms. The van der Waals surface area contributed by atoms with E-state index in [0.29, 0.717) is 5.92 Å². The largest absolute Gasteiger partial charge is 0.392 e. The Labute approximate surface area is 184 Å². The summed E-state index contributed by atoms with van der Waals surface area (Å²) in [7, 11) is 0. The minimum absolute atomic E-state index is 0.0198. The number of rotatable bonds is 2. The fraction of sp³-hybridized carbons (Fsp3) is 0.760. The van der Waals surface area contributed by atoms with Crippen molar-refractivity contribution in [2.24, 2.45) is 16.7 Å². The Morgan fingerprint density at radius 2 is 1.87 bits per heavy atom. The highest BCUT2D eigenvalue weighted by molar-refractivity contribution is 5.53. The van der Waals surface area contributed by atoms with Crippen molar-refractivity contribution in [2.75, 3.05) is 13.2 Å². The Morgan fingerprint density at radius 3 is 2.58 bits per heavy atom. The summed E-state index contributed by atoms with van der Waals surface area (Å²) in [4.78, 5) is 0. The van der Waals surface area contributed by atoms with Crippen molar-refractivity contribution in [3.8, 4) is 0 Å². The van der Waals surface area contributed by atoms with Gasteiger partial charge in [0.25, 0.3) is 0 Å². The molecular formula is C25H36O6. The highest BCUT2D eigenvalue weighted by Gasteiger charge is 2.59. The molecule has 3 aliphatic carbocycles. The lowest BCUT2D eigenvalue weighted by molar-refractivity contribution is -0.354. The van der Waals surface area contributed by atoms with Gasteiger partial charge >= 0.3 is 0 Å². The number of aliphatic hydroxyl groups is 3. The highest BCUT2D eigenvalue weighted by atomic mass is 16.7. The molecule has 0 radical (unpaired) electrons. The van der Waals surface area contributed by atoms with E-state index in [-0.39, 0.29) is 30.1 Å². The van der Waals surface area contributed by atoms with Gasteiger partial charge < -0.3 is 29.5 Å². The molecular weight excluding hydrogens is 396 g/mol. The second-order valence-corrected chi connectivity index (χ2v) is 10.9. The first-order valence-corrected chi connectivity index (χ1v) is 11.7. The predicted molar refractivity (Wildman–Crippen MR) is 115 cm³/mol. The molecule has 3 N–H and O–H groups in total. The molecule has 5 aliphatic rings. The Morgan fingerprint density at radius 1 is 1.10 bits per heavy atom. The lowest BCUT2D eigenvalue weighted by Crippen LogP contribution is -2.64. The van der Waals surface area contributed by atoms with Crippen molar-refractivity contribution in [2.45, 2.75) is 90.2 Å². The minimum Gasteiger partial charge on any atom is -0.392 e. The van der Waals surface area contributed by atoms with E-state index in [9.17, 15) is 15.3 Å². The summed E-state index contributed by atoms with van der Waals surface area (Å²) in [5.74, 6) is 0.492. The van der Waals surface area contributed by atoms with E-state index in [1.165, 1.54) is 17.6 Å². The average molecular weight is 433 g/mol. The fourth-order valence-electron chi connectivity index (χ4n) is 6.58. The van der Waals surface area contributed by atoms with Crippen molar-refractivity contribution >= 4 is 0 Å². The zero-order valence-electron chi connectivity index (χ0n) is 19.0. The molecule has 5 rings (SSSR count). The summed E-state index contributed by atoms with van der Waals surface area (Å²) in [5, 5.41) is 30.7. The van der Waals surface area contributed by atoms with E-state index in [2.05, 4.69) is 33.8 Å². The molecule has 0 aromatic rings. The smallest absolute Gasteiger partial charge is 0.187 e. The van der Waals surface area contributed by atoms with Crippen LogP contribution in [0.15, 0.2) is 34.4 Å². The molecule has 3 fully saturated rings. The summed E-state index contributed by atoms with van der Waals surface area (Å²) < 4.78 is 18.6. The van der Waals surface area contributed by atoms with Gasteiger partial charge in [-0.1, -0.05) is 45.4 Å². The number of hydrogen-bond acceptors (Lipinski definition) is 6. The Bertz CT molecular complexity index is 843. The van der Waals surface area contributed by atoms with Gasteiger partial charge in [-0.25, -0.2) is 0 Å². The molecule has 0 unspecified atom stereocenters. The second-order valence-electron chi connectivity index (χ2n) is 10.9. The topological polar surface area (TPSA) is 88.4 Å². The molecule has 8 atom stereocenters. The fourth-order valence-corrected chi connectivity index (χ4v) is 6.58. The van der Waals surface area contributed by atoms with Crippen LogP contribution in [0.2, 0.25) is 0 Å². The Hall–Kier alpha value is -1.02. The Balaban J connectivity index is 1.60. The van der Waals surface area contributed by atoms with Crippen molar-refractivity contribution in [1.82, 2.24) is 0 Å². The molecule has 6 nitrogen and oxygen atoms in total. The lowest BCUT2D eigenvalue weighted by Gasteiger charge is -2.55. The van der Waals surface area contributed by atoms with Gasteiger partial charge in [-0.3, -0.25) is 0 Å². The maximum Gasteiger partial charge on any atom is 0.187 e. The minimum atomic E-state index is -1.08. The van der Waals surface area contributed by atoms with Crippen LogP contribution >= 0.6 is 0 Å². The average Bonchev–Trinajstić information content (AvgIpc) is 3.04. The molecule has 0 spiro atoms. The van der Waals surface area contributed by atoms with Gasteiger partial charge in [-0.2, -0.15) is 0 Å². The predicted octanol–water partition coefficient (Wildman–Crippen LogP) is 2.63. The van der Waals surface area contributed by atoms with Crippen LogP contribution in [0.4, 0.5) is 0 Å². The van der Waals surface area contributed by atoms with Gasteiger partial charge in [0.2, 0.25) is 0 Å².